The van der Waals surface area contributed by atoms with Crippen LogP contribution >= 0.6 is 11.3 Å². The lowest BCUT2D eigenvalue weighted by atomic mass is 10.0. The maximum Gasteiger partial charge on any atom is 0.186 e. The molecule has 0 amide bonds. The van der Waals surface area contributed by atoms with Crippen LogP contribution in [0.2, 0.25) is 0 Å². The van der Waals surface area contributed by atoms with Gasteiger partial charge in [-0.25, -0.2) is 4.39 Å². The minimum Gasteiger partial charge on any atom is -0.380 e. The van der Waals surface area contributed by atoms with Crippen molar-refractivity contribution in [3.63, 3.8) is 0 Å². The number of aryl methyl sites for hydroxylation is 2. The number of hydrogen-bond donors (Lipinski definition) is 1. The van der Waals surface area contributed by atoms with Gasteiger partial charge in [0.15, 0.2) is 11.6 Å². The van der Waals surface area contributed by atoms with Gasteiger partial charge in [-0.05, 0) is 43.2 Å². The van der Waals surface area contributed by atoms with E-state index in [1.54, 1.807) is 23.5 Å². The van der Waals surface area contributed by atoms with E-state index >= 15 is 0 Å². The number of benzene rings is 1. The van der Waals surface area contributed by atoms with E-state index in [1.165, 1.54) is 22.6 Å². The first-order valence-corrected chi connectivity index (χ1v) is 6.96. The van der Waals surface area contributed by atoms with Crippen LogP contribution in [0, 0.1) is 19.7 Å². The van der Waals surface area contributed by atoms with Crippen LogP contribution in [0.5, 0.6) is 0 Å². The zero-order valence-corrected chi connectivity index (χ0v) is 11.9. The van der Waals surface area contributed by atoms with Crippen molar-refractivity contribution in [2.45, 2.75) is 13.8 Å². The lowest BCUT2D eigenvalue weighted by Crippen LogP contribution is -1.89. The molecule has 0 fully saturated rings. The van der Waals surface area contributed by atoms with Crippen LogP contribution in [0.3, 0.4) is 0 Å². The Morgan fingerprint density at radius 2 is 2.05 bits per heavy atom. The minimum absolute atomic E-state index is 0.273. The second-order valence-electron chi connectivity index (χ2n) is 4.63. The Kier molecular flexibility index (Phi) is 3.06. The molecule has 0 aliphatic rings. The maximum atomic E-state index is 13.4. The van der Waals surface area contributed by atoms with Crippen molar-refractivity contribution in [2.24, 2.45) is 0 Å². The molecule has 0 bridgehead atoms. The number of nitrogens with two attached hydrogens (primary N) is 1. The molecule has 3 nitrogen and oxygen atoms in total. The normalized spacial score (nSPS) is 10.9. The Morgan fingerprint density at radius 3 is 2.70 bits per heavy atom. The summed E-state index contributed by atoms with van der Waals surface area (Å²) in [5.74, 6) is 0.552. The average Bonchev–Trinajstić information content (AvgIpc) is 2.93. The third-order valence-corrected chi connectivity index (χ3v) is 4.37. The summed E-state index contributed by atoms with van der Waals surface area (Å²) in [6.45, 7) is 4.09. The zero-order valence-electron chi connectivity index (χ0n) is 11.1. The summed E-state index contributed by atoms with van der Waals surface area (Å²) in [5, 5.41) is 3.82. The van der Waals surface area contributed by atoms with E-state index in [-0.39, 0.29) is 11.6 Å². The molecule has 0 aliphatic heterocycles. The first-order valence-electron chi connectivity index (χ1n) is 6.14. The van der Waals surface area contributed by atoms with Crippen molar-refractivity contribution in [3.8, 4) is 21.8 Å². The summed E-state index contributed by atoms with van der Waals surface area (Å²) in [6, 6.07) is 8.30. The highest BCUT2D eigenvalue weighted by Crippen LogP contribution is 2.40. The number of anilines is 1. The predicted molar refractivity (Wildman–Crippen MR) is 79.1 cm³/mol. The lowest BCUT2D eigenvalue weighted by Gasteiger charge is -2.01. The Hall–Kier alpha value is -2.14. The quantitative estimate of drug-likeness (QED) is 0.760. The van der Waals surface area contributed by atoms with E-state index < -0.39 is 0 Å². The van der Waals surface area contributed by atoms with Crippen molar-refractivity contribution < 1.29 is 8.91 Å². The molecule has 0 spiro atoms. The minimum atomic E-state index is -0.312. The van der Waals surface area contributed by atoms with Gasteiger partial charge in [-0.2, -0.15) is 0 Å². The Labute approximate surface area is 119 Å². The summed E-state index contributed by atoms with van der Waals surface area (Å²) in [7, 11) is 0. The largest absolute Gasteiger partial charge is 0.380 e. The molecule has 3 aromatic rings. The molecule has 0 saturated carbocycles. The van der Waals surface area contributed by atoms with Gasteiger partial charge < -0.3 is 10.3 Å². The zero-order chi connectivity index (χ0) is 14.3. The molecule has 0 saturated heterocycles. The van der Waals surface area contributed by atoms with Crippen molar-refractivity contribution in [2.75, 3.05) is 5.73 Å². The molecule has 0 aliphatic carbocycles. The molecule has 0 atom stereocenters. The van der Waals surface area contributed by atoms with E-state index in [0.717, 1.165) is 4.88 Å². The molecular formula is C15H13FN2OS. The van der Waals surface area contributed by atoms with Gasteiger partial charge in [-0.15, -0.1) is 11.3 Å². The Bertz CT molecular complexity index is 757. The monoisotopic (exact) mass is 288 g/mol. The second-order valence-corrected chi connectivity index (χ2v) is 5.89. The maximum absolute atomic E-state index is 13.4. The van der Waals surface area contributed by atoms with Gasteiger partial charge in [0.05, 0.1) is 10.4 Å². The molecule has 2 N–H and O–H groups in total. The molecule has 1 aromatic carbocycles. The van der Waals surface area contributed by atoms with Crippen LogP contribution in [-0.2, 0) is 0 Å². The van der Waals surface area contributed by atoms with Gasteiger partial charge in [0, 0.05) is 4.88 Å². The molecule has 5 heteroatoms. The summed E-state index contributed by atoms with van der Waals surface area (Å²) < 4.78 is 18.8. The Morgan fingerprint density at radius 1 is 1.25 bits per heavy atom. The van der Waals surface area contributed by atoms with Crippen molar-refractivity contribution in [1.29, 1.82) is 0 Å². The third-order valence-electron chi connectivity index (χ3n) is 3.22. The van der Waals surface area contributed by atoms with Gasteiger partial charge in [0.25, 0.3) is 0 Å². The molecule has 102 valence electrons. The van der Waals surface area contributed by atoms with Crippen molar-refractivity contribution in [1.82, 2.24) is 5.16 Å². The van der Waals surface area contributed by atoms with Gasteiger partial charge in [-0.1, -0.05) is 17.3 Å². The van der Waals surface area contributed by atoms with Crippen LogP contribution in [-0.4, -0.2) is 5.16 Å². The van der Waals surface area contributed by atoms with E-state index in [2.05, 4.69) is 5.16 Å². The highest BCUT2D eigenvalue weighted by Gasteiger charge is 2.20. The summed E-state index contributed by atoms with van der Waals surface area (Å²) in [6.07, 6.45) is 0. The van der Waals surface area contributed by atoms with Crippen LogP contribution in [0.15, 0.2) is 34.9 Å². The van der Waals surface area contributed by atoms with Gasteiger partial charge >= 0.3 is 0 Å². The van der Waals surface area contributed by atoms with Crippen LogP contribution in [0.1, 0.15) is 10.4 Å². The summed E-state index contributed by atoms with van der Waals surface area (Å²) >= 11 is 1.61. The summed E-state index contributed by atoms with van der Waals surface area (Å²) in [4.78, 5) is 2.16. The summed E-state index contributed by atoms with van der Waals surface area (Å²) in [5.41, 5.74) is 8.38. The van der Waals surface area contributed by atoms with E-state index in [9.17, 15) is 4.39 Å². The topological polar surface area (TPSA) is 52.0 Å². The van der Waals surface area contributed by atoms with Crippen molar-refractivity contribution in [3.05, 3.63) is 46.6 Å². The number of nitrogens with zero attached hydrogens (tertiary/aromatic N) is 1. The number of nitrogen functional groups attached to an aromatic ring is 1. The van der Waals surface area contributed by atoms with Crippen LogP contribution in [0.4, 0.5) is 10.2 Å². The van der Waals surface area contributed by atoms with Crippen LogP contribution < -0.4 is 5.73 Å². The highest BCUT2D eigenvalue weighted by atomic mass is 32.1. The SMILES string of the molecule is Cc1cc(-c2onc(N)c2-c2cccc(F)c2)sc1C. The van der Waals surface area contributed by atoms with Gasteiger partial charge in [-0.3, -0.25) is 0 Å². The number of aromatic nitrogens is 1. The molecule has 3 rings (SSSR count). The predicted octanol–water partition coefficient (Wildman–Crippen LogP) is 4.41. The molecule has 0 unspecified atom stereocenters. The first kappa shape index (κ1) is 12.9. The van der Waals surface area contributed by atoms with E-state index in [0.29, 0.717) is 16.9 Å². The molecule has 20 heavy (non-hydrogen) atoms. The molecular weight excluding hydrogens is 275 g/mol. The number of rotatable bonds is 2. The first-order chi connectivity index (χ1) is 9.56. The van der Waals surface area contributed by atoms with E-state index in [4.69, 9.17) is 10.3 Å². The van der Waals surface area contributed by atoms with Gasteiger partial charge in [0.1, 0.15) is 5.82 Å². The smallest absolute Gasteiger partial charge is 0.186 e. The fraction of sp³-hybridized carbons (Fsp3) is 0.133. The lowest BCUT2D eigenvalue weighted by molar-refractivity contribution is 0.437. The standard InChI is InChI=1S/C15H13FN2OS/c1-8-6-12(20-9(8)2)14-13(15(17)18-19-14)10-4-3-5-11(16)7-10/h3-7H,1-2H3,(H2,17,18). The fourth-order valence-electron chi connectivity index (χ4n) is 2.08. The van der Waals surface area contributed by atoms with Gasteiger partial charge in [0.2, 0.25) is 0 Å². The molecule has 2 aromatic heterocycles. The van der Waals surface area contributed by atoms with Crippen molar-refractivity contribution >= 4 is 17.2 Å². The number of hydrogen-bond acceptors (Lipinski definition) is 4. The molecule has 2 heterocycles. The second kappa shape index (κ2) is 4.76. The number of halogens is 1. The average molecular weight is 288 g/mol. The fourth-order valence-corrected chi connectivity index (χ4v) is 3.10. The molecule has 0 radical (unpaired) electrons. The number of thiophene rings is 1. The highest BCUT2D eigenvalue weighted by molar-refractivity contribution is 7.15. The third kappa shape index (κ3) is 2.10. The van der Waals surface area contributed by atoms with E-state index in [1.807, 2.05) is 19.9 Å². The Balaban J connectivity index is 2.19. The van der Waals surface area contributed by atoms with Crippen LogP contribution in [0.25, 0.3) is 21.8 Å².